The van der Waals surface area contributed by atoms with Gasteiger partial charge in [-0.05, 0) is 6.07 Å². The number of nitrogens with one attached hydrogen (secondary N) is 1. The van der Waals surface area contributed by atoms with Gasteiger partial charge < -0.3 is 4.98 Å². The maximum absolute atomic E-state index is 11.2. The van der Waals surface area contributed by atoms with Gasteiger partial charge in [0, 0.05) is 11.6 Å². The number of nitrogens with zero attached hydrogens (tertiary/aromatic N) is 3. The second-order valence-corrected chi connectivity index (χ2v) is 5.83. The molecule has 0 radical (unpaired) electrons. The van der Waals surface area contributed by atoms with E-state index in [-0.39, 0.29) is 4.90 Å². The highest BCUT2D eigenvalue weighted by molar-refractivity contribution is 7.89. The Hall–Kier alpha value is -1.84. The predicted octanol–water partition coefficient (Wildman–Crippen LogP) is 0.729. The van der Waals surface area contributed by atoms with E-state index in [1.54, 1.807) is 5.51 Å². The molecule has 0 fully saturated rings. The van der Waals surface area contributed by atoms with Crippen LogP contribution in [0.3, 0.4) is 0 Å². The summed E-state index contributed by atoms with van der Waals surface area (Å²) < 4.78 is 22.4. The lowest BCUT2D eigenvalue weighted by Crippen LogP contribution is -2.12. The number of imidazole rings is 1. The number of hydrogen-bond acceptors (Lipinski definition) is 6. The standard InChI is InChI=1S/C9H7N5O2S2/c10-18(15,16)5-1-6-8(11-2-5)14-9(13-6)7-3-17-4-12-7/h1-4H,(H2,10,15,16)(H,11,13,14). The molecule has 3 aromatic rings. The Labute approximate surface area is 106 Å². The topological polar surface area (TPSA) is 115 Å². The molecule has 9 heteroatoms. The van der Waals surface area contributed by atoms with Gasteiger partial charge in [0.1, 0.15) is 10.6 Å². The Balaban J connectivity index is 2.19. The number of H-pyrrole nitrogens is 1. The van der Waals surface area contributed by atoms with Crippen molar-refractivity contribution in [3.05, 3.63) is 23.2 Å². The maximum atomic E-state index is 11.2. The first kappa shape index (κ1) is 11.3. The number of hydrogen-bond donors (Lipinski definition) is 2. The fourth-order valence-electron chi connectivity index (χ4n) is 1.49. The molecule has 0 unspecified atom stereocenters. The number of primary sulfonamides is 1. The van der Waals surface area contributed by atoms with Crippen LogP contribution >= 0.6 is 11.3 Å². The summed E-state index contributed by atoms with van der Waals surface area (Å²) in [5.74, 6) is 0.547. The van der Waals surface area contributed by atoms with Crippen LogP contribution < -0.4 is 5.14 Å². The van der Waals surface area contributed by atoms with E-state index < -0.39 is 10.0 Å². The first-order chi connectivity index (χ1) is 8.54. The van der Waals surface area contributed by atoms with Gasteiger partial charge in [-0.15, -0.1) is 11.3 Å². The highest BCUT2D eigenvalue weighted by atomic mass is 32.2. The second-order valence-electron chi connectivity index (χ2n) is 3.55. The summed E-state index contributed by atoms with van der Waals surface area (Å²) in [5, 5.41) is 6.87. The van der Waals surface area contributed by atoms with E-state index in [1.165, 1.54) is 23.6 Å². The Morgan fingerprint density at radius 2 is 2.17 bits per heavy atom. The summed E-state index contributed by atoms with van der Waals surface area (Å²) >= 11 is 1.44. The minimum atomic E-state index is -3.76. The van der Waals surface area contributed by atoms with Crippen molar-refractivity contribution >= 4 is 32.5 Å². The fraction of sp³-hybridized carbons (Fsp3) is 0. The van der Waals surface area contributed by atoms with Crippen LogP contribution in [0.5, 0.6) is 0 Å². The van der Waals surface area contributed by atoms with Gasteiger partial charge in [-0.3, -0.25) is 0 Å². The molecule has 0 bridgehead atoms. The first-order valence-electron chi connectivity index (χ1n) is 4.81. The van der Waals surface area contributed by atoms with Gasteiger partial charge in [-0.2, -0.15) is 0 Å². The molecule has 0 saturated carbocycles. The number of thiazole rings is 1. The number of pyridine rings is 1. The molecule has 0 saturated heterocycles. The van der Waals surface area contributed by atoms with Crippen LogP contribution in [-0.4, -0.2) is 28.4 Å². The Morgan fingerprint density at radius 1 is 1.33 bits per heavy atom. The van der Waals surface area contributed by atoms with Gasteiger partial charge in [-0.1, -0.05) is 0 Å². The summed E-state index contributed by atoms with van der Waals surface area (Å²) in [7, 11) is -3.76. The zero-order valence-electron chi connectivity index (χ0n) is 8.86. The van der Waals surface area contributed by atoms with E-state index in [2.05, 4.69) is 19.9 Å². The number of fused-ring (bicyclic) bond motifs is 1. The molecule has 7 nitrogen and oxygen atoms in total. The number of sulfonamides is 1. The van der Waals surface area contributed by atoms with Crippen LogP contribution in [0.4, 0.5) is 0 Å². The van der Waals surface area contributed by atoms with Gasteiger partial charge in [0.25, 0.3) is 0 Å². The van der Waals surface area contributed by atoms with Crippen LogP contribution in [0.15, 0.2) is 28.0 Å². The van der Waals surface area contributed by atoms with Crippen LogP contribution in [0.1, 0.15) is 0 Å². The van der Waals surface area contributed by atoms with E-state index in [1.807, 2.05) is 5.38 Å². The maximum Gasteiger partial charge on any atom is 0.239 e. The molecule has 0 aromatic carbocycles. The van der Waals surface area contributed by atoms with Gasteiger partial charge in [-0.25, -0.2) is 28.5 Å². The summed E-state index contributed by atoms with van der Waals surface area (Å²) in [6.07, 6.45) is 1.18. The van der Waals surface area contributed by atoms with E-state index in [9.17, 15) is 8.42 Å². The lowest BCUT2D eigenvalue weighted by molar-refractivity contribution is 0.597. The molecule has 3 heterocycles. The third-order valence-electron chi connectivity index (χ3n) is 2.32. The quantitative estimate of drug-likeness (QED) is 0.718. The highest BCUT2D eigenvalue weighted by Gasteiger charge is 2.13. The Kier molecular flexibility index (Phi) is 2.40. The van der Waals surface area contributed by atoms with E-state index in [0.717, 1.165) is 0 Å². The Morgan fingerprint density at radius 3 is 2.83 bits per heavy atom. The minimum Gasteiger partial charge on any atom is -0.335 e. The van der Waals surface area contributed by atoms with Crippen molar-refractivity contribution in [2.45, 2.75) is 4.90 Å². The molecular weight excluding hydrogens is 274 g/mol. The first-order valence-corrected chi connectivity index (χ1v) is 7.30. The van der Waals surface area contributed by atoms with Crippen LogP contribution in [-0.2, 0) is 10.0 Å². The number of aromatic nitrogens is 4. The van der Waals surface area contributed by atoms with Gasteiger partial charge in [0.15, 0.2) is 11.5 Å². The van der Waals surface area contributed by atoms with Crippen molar-refractivity contribution in [2.75, 3.05) is 0 Å². The lowest BCUT2D eigenvalue weighted by atomic mass is 10.4. The van der Waals surface area contributed by atoms with Crippen molar-refractivity contribution in [3.8, 4) is 11.5 Å². The molecule has 18 heavy (non-hydrogen) atoms. The largest absolute Gasteiger partial charge is 0.335 e. The molecule has 0 aliphatic carbocycles. The molecule has 0 spiro atoms. The molecule has 3 rings (SSSR count). The zero-order valence-corrected chi connectivity index (χ0v) is 10.5. The molecule has 92 valence electrons. The molecule has 0 atom stereocenters. The average molecular weight is 281 g/mol. The molecular formula is C9H7N5O2S2. The second kappa shape index (κ2) is 3.83. The third-order valence-corrected chi connectivity index (χ3v) is 3.78. The van der Waals surface area contributed by atoms with Crippen molar-refractivity contribution in [1.82, 2.24) is 19.9 Å². The predicted molar refractivity (Wildman–Crippen MR) is 66.4 cm³/mol. The smallest absolute Gasteiger partial charge is 0.239 e. The molecule has 0 amide bonds. The lowest BCUT2D eigenvalue weighted by Gasteiger charge is -1.95. The number of rotatable bonds is 2. The fourth-order valence-corrected chi connectivity index (χ4v) is 2.51. The van der Waals surface area contributed by atoms with Gasteiger partial charge in [0.2, 0.25) is 10.0 Å². The normalized spacial score (nSPS) is 12.1. The minimum absolute atomic E-state index is 0.0523. The van der Waals surface area contributed by atoms with Crippen LogP contribution in [0.25, 0.3) is 22.7 Å². The van der Waals surface area contributed by atoms with Crippen molar-refractivity contribution in [1.29, 1.82) is 0 Å². The number of aromatic amines is 1. The van der Waals surface area contributed by atoms with Crippen molar-refractivity contribution < 1.29 is 8.42 Å². The molecule has 3 aromatic heterocycles. The highest BCUT2D eigenvalue weighted by Crippen LogP contribution is 2.20. The zero-order chi connectivity index (χ0) is 12.8. The molecule has 3 N–H and O–H groups in total. The monoisotopic (exact) mass is 281 g/mol. The summed E-state index contributed by atoms with van der Waals surface area (Å²) in [5.41, 5.74) is 3.30. The third kappa shape index (κ3) is 1.88. The van der Waals surface area contributed by atoms with E-state index in [4.69, 9.17) is 5.14 Å². The molecule has 0 aliphatic rings. The Bertz CT molecular complexity index is 807. The SMILES string of the molecule is NS(=O)(=O)c1cnc2nc(-c3cscn3)[nH]c2c1. The van der Waals surface area contributed by atoms with Crippen molar-refractivity contribution in [3.63, 3.8) is 0 Å². The van der Waals surface area contributed by atoms with Crippen LogP contribution in [0.2, 0.25) is 0 Å². The van der Waals surface area contributed by atoms with E-state index in [0.29, 0.717) is 22.7 Å². The summed E-state index contributed by atoms with van der Waals surface area (Å²) in [6.45, 7) is 0. The number of nitrogens with two attached hydrogens (primary N) is 1. The average Bonchev–Trinajstić information content (AvgIpc) is 2.95. The van der Waals surface area contributed by atoms with E-state index >= 15 is 0 Å². The summed E-state index contributed by atoms with van der Waals surface area (Å²) in [6, 6.07) is 1.40. The van der Waals surface area contributed by atoms with Crippen molar-refractivity contribution in [2.24, 2.45) is 5.14 Å². The summed E-state index contributed by atoms with van der Waals surface area (Å²) in [4.78, 5) is 15.2. The van der Waals surface area contributed by atoms with Gasteiger partial charge >= 0.3 is 0 Å². The van der Waals surface area contributed by atoms with Crippen LogP contribution in [0, 0.1) is 0 Å². The molecule has 0 aliphatic heterocycles. The van der Waals surface area contributed by atoms with Gasteiger partial charge in [0.05, 0.1) is 11.0 Å².